The minimum atomic E-state index is -0.589. The number of benzene rings is 1. The first-order valence-electron chi connectivity index (χ1n) is 7.72. The molecule has 7 nitrogen and oxygen atoms in total. The standard InChI is InChI=1S/C18H23NO6/c1-14(20)25-11-5-4-10-19(17(21)12-18(22)24-3)13-15-6-8-16(23-2)9-7-15/h4-9H,10-13H2,1-3H3/b5-4+. The monoisotopic (exact) mass is 349 g/mol. The van der Waals surface area contributed by atoms with Gasteiger partial charge in [0.2, 0.25) is 5.91 Å². The Hall–Kier alpha value is -2.83. The summed E-state index contributed by atoms with van der Waals surface area (Å²) >= 11 is 0. The number of carbonyl (C=O) groups is 3. The molecule has 0 unspecified atom stereocenters. The molecule has 0 N–H and O–H groups in total. The zero-order valence-electron chi connectivity index (χ0n) is 14.7. The lowest BCUT2D eigenvalue weighted by molar-refractivity contribution is -0.147. The summed E-state index contributed by atoms with van der Waals surface area (Å²) in [5, 5.41) is 0. The molecule has 0 saturated carbocycles. The van der Waals surface area contributed by atoms with Gasteiger partial charge >= 0.3 is 11.9 Å². The average Bonchev–Trinajstić information content (AvgIpc) is 2.60. The highest BCUT2D eigenvalue weighted by Crippen LogP contribution is 2.13. The molecule has 0 bridgehead atoms. The molecule has 1 amide bonds. The molecule has 0 aliphatic heterocycles. The van der Waals surface area contributed by atoms with Crippen molar-refractivity contribution in [1.29, 1.82) is 0 Å². The van der Waals surface area contributed by atoms with Crippen LogP contribution in [-0.4, -0.2) is 50.1 Å². The second-order valence-corrected chi connectivity index (χ2v) is 5.15. The second kappa shape index (κ2) is 10.9. The Balaban J connectivity index is 2.73. The number of ether oxygens (including phenoxy) is 3. The van der Waals surface area contributed by atoms with E-state index in [1.54, 1.807) is 31.4 Å². The summed E-state index contributed by atoms with van der Waals surface area (Å²) in [7, 11) is 2.82. The largest absolute Gasteiger partial charge is 0.497 e. The molecule has 0 heterocycles. The summed E-state index contributed by atoms with van der Waals surface area (Å²) < 4.78 is 14.4. The van der Waals surface area contributed by atoms with Gasteiger partial charge in [-0.15, -0.1) is 0 Å². The van der Waals surface area contributed by atoms with Crippen molar-refractivity contribution in [3.05, 3.63) is 42.0 Å². The predicted molar refractivity (Wildman–Crippen MR) is 90.8 cm³/mol. The predicted octanol–water partition coefficient (Wildman–Crippen LogP) is 1.71. The number of nitrogens with zero attached hydrogens (tertiary/aromatic N) is 1. The Bertz CT molecular complexity index is 608. The zero-order chi connectivity index (χ0) is 18.7. The molecule has 0 spiro atoms. The van der Waals surface area contributed by atoms with E-state index in [1.165, 1.54) is 18.9 Å². The van der Waals surface area contributed by atoms with Gasteiger partial charge in [-0.2, -0.15) is 0 Å². The molecule has 0 aliphatic rings. The Morgan fingerprint density at radius 1 is 1.08 bits per heavy atom. The van der Waals surface area contributed by atoms with E-state index in [9.17, 15) is 14.4 Å². The molecule has 0 aliphatic carbocycles. The average molecular weight is 349 g/mol. The Labute approximate surface area is 147 Å². The van der Waals surface area contributed by atoms with Crippen molar-refractivity contribution >= 4 is 17.8 Å². The molecule has 7 heteroatoms. The Morgan fingerprint density at radius 2 is 1.76 bits per heavy atom. The lowest BCUT2D eigenvalue weighted by Gasteiger charge is -2.21. The number of esters is 2. The van der Waals surface area contributed by atoms with Gasteiger partial charge in [-0.25, -0.2) is 0 Å². The topological polar surface area (TPSA) is 82.1 Å². The highest BCUT2D eigenvalue weighted by molar-refractivity contribution is 5.94. The van der Waals surface area contributed by atoms with E-state index in [2.05, 4.69) is 4.74 Å². The number of hydrogen-bond donors (Lipinski definition) is 0. The smallest absolute Gasteiger partial charge is 0.315 e. The molecular formula is C18H23NO6. The van der Waals surface area contributed by atoms with E-state index in [0.717, 1.165) is 11.3 Å². The van der Waals surface area contributed by atoms with Crippen LogP contribution >= 0.6 is 0 Å². The third kappa shape index (κ3) is 8.01. The number of amides is 1. The highest BCUT2D eigenvalue weighted by Gasteiger charge is 2.17. The summed E-state index contributed by atoms with van der Waals surface area (Å²) in [4.78, 5) is 35.9. The van der Waals surface area contributed by atoms with Crippen molar-refractivity contribution in [2.45, 2.75) is 19.9 Å². The van der Waals surface area contributed by atoms with Crippen molar-refractivity contribution in [1.82, 2.24) is 4.90 Å². The van der Waals surface area contributed by atoms with Gasteiger partial charge < -0.3 is 19.1 Å². The number of rotatable bonds is 9. The summed E-state index contributed by atoms with van der Waals surface area (Å²) in [6.07, 6.45) is 3.03. The van der Waals surface area contributed by atoms with Crippen molar-refractivity contribution in [2.75, 3.05) is 27.4 Å². The fraction of sp³-hybridized carbons (Fsp3) is 0.389. The summed E-state index contributed by atoms with van der Waals surface area (Å²) in [6, 6.07) is 7.29. The molecule has 0 aromatic heterocycles. The lowest BCUT2D eigenvalue weighted by Crippen LogP contribution is -2.32. The van der Waals surface area contributed by atoms with Crippen LogP contribution in [0.4, 0.5) is 0 Å². The lowest BCUT2D eigenvalue weighted by atomic mass is 10.2. The van der Waals surface area contributed by atoms with Crippen molar-refractivity contribution in [2.24, 2.45) is 0 Å². The van der Waals surface area contributed by atoms with Crippen molar-refractivity contribution < 1.29 is 28.6 Å². The van der Waals surface area contributed by atoms with E-state index in [4.69, 9.17) is 9.47 Å². The fourth-order valence-electron chi connectivity index (χ4n) is 1.95. The summed E-state index contributed by atoms with van der Waals surface area (Å²) in [5.41, 5.74) is 0.896. The van der Waals surface area contributed by atoms with Gasteiger partial charge in [-0.3, -0.25) is 14.4 Å². The molecule has 136 valence electrons. The van der Waals surface area contributed by atoms with Gasteiger partial charge in [0.1, 0.15) is 18.8 Å². The second-order valence-electron chi connectivity index (χ2n) is 5.15. The normalized spacial score (nSPS) is 10.4. The molecule has 1 aromatic rings. The molecule has 25 heavy (non-hydrogen) atoms. The Kier molecular flexibility index (Phi) is 8.78. The van der Waals surface area contributed by atoms with E-state index in [0.29, 0.717) is 6.54 Å². The van der Waals surface area contributed by atoms with Gasteiger partial charge in [0.05, 0.1) is 14.2 Å². The fourth-order valence-corrected chi connectivity index (χ4v) is 1.95. The van der Waals surface area contributed by atoms with Gasteiger partial charge in [0.25, 0.3) is 0 Å². The third-order valence-electron chi connectivity index (χ3n) is 3.28. The van der Waals surface area contributed by atoms with Crippen LogP contribution in [0.15, 0.2) is 36.4 Å². The van der Waals surface area contributed by atoms with Gasteiger partial charge in [0.15, 0.2) is 0 Å². The maximum absolute atomic E-state index is 12.3. The first-order chi connectivity index (χ1) is 12.0. The van der Waals surface area contributed by atoms with E-state index in [1.807, 2.05) is 12.1 Å². The SMILES string of the molecule is COC(=O)CC(=O)N(C/C=C/COC(C)=O)Cc1ccc(OC)cc1. The minimum absolute atomic E-state index is 0.136. The van der Waals surface area contributed by atoms with Gasteiger partial charge in [-0.1, -0.05) is 18.2 Å². The third-order valence-corrected chi connectivity index (χ3v) is 3.28. The maximum Gasteiger partial charge on any atom is 0.315 e. The molecule has 0 saturated heterocycles. The minimum Gasteiger partial charge on any atom is -0.497 e. The molecule has 0 radical (unpaired) electrons. The summed E-state index contributed by atoms with van der Waals surface area (Å²) in [6.45, 7) is 2.07. The first-order valence-corrected chi connectivity index (χ1v) is 7.72. The van der Waals surface area contributed by atoms with Crippen LogP contribution in [0.3, 0.4) is 0 Å². The maximum atomic E-state index is 12.3. The van der Waals surface area contributed by atoms with E-state index >= 15 is 0 Å². The quantitative estimate of drug-likeness (QED) is 0.383. The summed E-state index contributed by atoms with van der Waals surface area (Å²) in [5.74, 6) is -0.590. The number of carbonyl (C=O) groups excluding carboxylic acids is 3. The first kappa shape index (κ1) is 20.2. The zero-order valence-corrected chi connectivity index (χ0v) is 14.7. The van der Waals surface area contributed by atoms with Crippen LogP contribution in [0.1, 0.15) is 18.9 Å². The van der Waals surface area contributed by atoms with Crippen LogP contribution in [0.25, 0.3) is 0 Å². The molecule has 0 atom stereocenters. The van der Waals surface area contributed by atoms with Gasteiger partial charge in [0, 0.05) is 20.0 Å². The molecule has 1 rings (SSSR count). The van der Waals surface area contributed by atoms with Crippen LogP contribution in [0.5, 0.6) is 5.75 Å². The number of hydrogen-bond acceptors (Lipinski definition) is 6. The van der Waals surface area contributed by atoms with Crippen LogP contribution in [-0.2, 0) is 30.4 Å². The van der Waals surface area contributed by atoms with Crippen LogP contribution < -0.4 is 4.74 Å². The van der Waals surface area contributed by atoms with E-state index < -0.39 is 5.97 Å². The van der Waals surface area contributed by atoms with Crippen molar-refractivity contribution in [3.63, 3.8) is 0 Å². The van der Waals surface area contributed by atoms with E-state index in [-0.39, 0.29) is 31.4 Å². The van der Waals surface area contributed by atoms with Crippen LogP contribution in [0.2, 0.25) is 0 Å². The Morgan fingerprint density at radius 3 is 2.32 bits per heavy atom. The van der Waals surface area contributed by atoms with Crippen molar-refractivity contribution in [3.8, 4) is 5.75 Å². The van der Waals surface area contributed by atoms with Crippen LogP contribution in [0, 0.1) is 0 Å². The highest BCUT2D eigenvalue weighted by atomic mass is 16.5. The molecule has 0 fully saturated rings. The number of methoxy groups -OCH3 is 2. The molecule has 1 aromatic carbocycles. The van der Waals surface area contributed by atoms with Gasteiger partial charge in [-0.05, 0) is 23.8 Å². The molecular weight excluding hydrogens is 326 g/mol.